The summed E-state index contributed by atoms with van der Waals surface area (Å²) in [6.07, 6.45) is 6.21. The molecule has 0 saturated heterocycles. The van der Waals surface area contributed by atoms with Gasteiger partial charge < -0.3 is 20.4 Å². The molecular weight excluding hydrogens is 268 g/mol. The van der Waals surface area contributed by atoms with Crippen LogP contribution < -0.4 is 0 Å². The summed E-state index contributed by atoms with van der Waals surface area (Å²) in [4.78, 5) is 0. The first-order chi connectivity index (χ1) is 9.88. The Labute approximate surface area is 130 Å². The normalized spacial score (nSPS) is 24.1. The molecule has 0 radical (unpaired) electrons. The van der Waals surface area contributed by atoms with Gasteiger partial charge in [0.15, 0.2) is 0 Å². The zero-order valence-corrected chi connectivity index (χ0v) is 14.1. The van der Waals surface area contributed by atoms with Crippen LogP contribution in [0.5, 0.6) is 0 Å². The molecule has 4 nitrogen and oxygen atoms in total. The average Bonchev–Trinajstić information content (AvgIpc) is 2.47. The summed E-state index contributed by atoms with van der Waals surface area (Å²) in [5.74, 6) is 1.53. The van der Waals surface area contributed by atoms with Crippen LogP contribution in [-0.4, -0.2) is 46.9 Å². The molecule has 0 heterocycles. The van der Waals surface area contributed by atoms with Gasteiger partial charge in [-0.1, -0.05) is 20.8 Å². The molecule has 1 aliphatic rings. The average molecular weight is 304 g/mol. The van der Waals surface area contributed by atoms with Gasteiger partial charge >= 0.3 is 0 Å². The minimum Gasteiger partial charge on any atom is -0.396 e. The molecule has 1 aliphatic carbocycles. The van der Waals surface area contributed by atoms with Crippen molar-refractivity contribution >= 4 is 0 Å². The monoisotopic (exact) mass is 304 g/mol. The van der Waals surface area contributed by atoms with E-state index in [1.54, 1.807) is 0 Å². The SMILES string of the molecule is CC(CCO)CC(C)(C)CO.OCC1CCC(CO)CC1. The summed E-state index contributed by atoms with van der Waals surface area (Å²) in [5.41, 5.74) is 0.00852. The fraction of sp³-hybridized carbons (Fsp3) is 1.00. The molecule has 128 valence electrons. The summed E-state index contributed by atoms with van der Waals surface area (Å²) in [6.45, 7) is 7.33. The van der Waals surface area contributed by atoms with E-state index in [-0.39, 0.29) is 18.6 Å². The largest absolute Gasteiger partial charge is 0.396 e. The van der Waals surface area contributed by atoms with E-state index in [9.17, 15) is 0 Å². The molecule has 0 spiro atoms. The van der Waals surface area contributed by atoms with Gasteiger partial charge in [-0.2, -0.15) is 0 Å². The Morgan fingerprint density at radius 1 is 0.905 bits per heavy atom. The highest BCUT2D eigenvalue weighted by Gasteiger charge is 2.20. The van der Waals surface area contributed by atoms with Crippen molar-refractivity contribution in [3.8, 4) is 0 Å². The maximum Gasteiger partial charge on any atom is 0.0482 e. The van der Waals surface area contributed by atoms with Crippen LogP contribution in [0.3, 0.4) is 0 Å². The molecule has 0 amide bonds. The predicted molar refractivity (Wildman–Crippen MR) is 86.0 cm³/mol. The zero-order valence-electron chi connectivity index (χ0n) is 14.1. The summed E-state index contributed by atoms with van der Waals surface area (Å²) in [5, 5.41) is 35.2. The smallest absolute Gasteiger partial charge is 0.0482 e. The maximum atomic E-state index is 8.95. The quantitative estimate of drug-likeness (QED) is 0.581. The van der Waals surface area contributed by atoms with Gasteiger partial charge in [0.1, 0.15) is 0 Å². The van der Waals surface area contributed by atoms with Crippen molar-refractivity contribution in [2.24, 2.45) is 23.2 Å². The fourth-order valence-corrected chi connectivity index (χ4v) is 2.93. The van der Waals surface area contributed by atoms with E-state index in [2.05, 4.69) is 6.92 Å². The van der Waals surface area contributed by atoms with Crippen molar-refractivity contribution in [1.82, 2.24) is 0 Å². The van der Waals surface area contributed by atoms with Crippen LogP contribution in [-0.2, 0) is 0 Å². The van der Waals surface area contributed by atoms with Gasteiger partial charge in [0.2, 0.25) is 0 Å². The molecule has 0 aromatic rings. The number of aliphatic hydroxyl groups excluding tert-OH is 4. The van der Waals surface area contributed by atoms with Crippen molar-refractivity contribution in [3.05, 3.63) is 0 Å². The molecule has 1 unspecified atom stereocenters. The van der Waals surface area contributed by atoms with Gasteiger partial charge in [-0.05, 0) is 61.7 Å². The van der Waals surface area contributed by atoms with Crippen LogP contribution in [0.4, 0.5) is 0 Å². The van der Waals surface area contributed by atoms with Crippen molar-refractivity contribution in [1.29, 1.82) is 0 Å². The number of hydrogen-bond acceptors (Lipinski definition) is 4. The molecule has 0 aromatic carbocycles. The molecule has 4 heteroatoms. The fourth-order valence-electron chi connectivity index (χ4n) is 2.93. The van der Waals surface area contributed by atoms with E-state index in [0.717, 1.165) is 38.5 Å². The van der Waals surface area contributed by atoms with E-state index in [1.165, 1.54) is 0 Å². The van der Waals surface area contributed by atoms with E-state index in [0.29, 0.717) is 31.0 Å². The first kappa shape index (κ1) is 20.8. The number of hydrogen-bond donors (Lipinski definition) is 4. The molecule has 1 atom stereocenters. The summed E-state index contributed by atoms with van der Waals surface area (Å²) < 4.78 is 0. The second kappa shape index (κ2) is 11.4. The van der Waals surface area contributed by atoms with Crippen LogP contribution in [0.15, 0.2) is 0 Å². The molecule has 1 saturated carbocycles. The highest BCUT2D eigenvalue weighted by Crippen LogP contribution is 2.27. The van der Waals surface area contributed by atoms with Crippen molar-refractivity contribution in [3.63, 3.8) is 0 Å². The lowest BCUT2D eigenvalue weighted by Crippen LogP contribution is -2.20. The van der Waals surface area contributed by atoms with Crippen LogP contribution in [0.25, 0.3) is 0 Å². The molecule has 0 bridgehead atoms. The number of aliphatic hydroxyl groups is 4. The second-order valence-corrected chi connectivity index (χ2v) is 7.40. The Morgan fingerprint density at radius 3 is 1.62 bits per heavy atom. The minimum absolute atomic E-state index is 0.00852. The Kier molecular flexibility index (Phi) is 11.3. The third-order valence-corrected chi connectivity index (χ3v) is 4.43. The lowest BCUT2D eigenvalue weighted by molar-refractivity contribution is 0.125. The first-order valence-electron chi connectivity index (χ1n) is 8.32. The lowest BCUT2D eigenvalue weighted by Gasteiger charge is -2.25. The van der Waals surface area contributed by atoms with Crippen LogP contribution in [0.1, 0.15) is 59.3 Å². The van der Waals surface area contributed by atoms with Crippen molar-refractivity contribution < 1.29 is 20.4 Å². The Balaban J connectivity index is 0.000000382. The van der Waals surface area contributed by atoms with Gasteiger partial charge in [-0.3, -0.25) is 0 Å². The van der Waals surface area contributed by atoms with Gasteiger partial charge in [-0.15, -0.1) is 0 Å². The molecule has 1 rings (SSSR count). The standard InChI is InChI=1S/C9H20O2.C8H16O2/c1-8(4-5-10)6-9(2,3)7-11;9-5-7-1-2-8(6-10)4-3-7/h8,10-11H,4-7H2,1-3H3;7-10H,1-6H2. The molecule has 0 aliphatic heterocycles. The third kappa shape index (κ3) is 10.2. The van der Waals surface area contributed by atoms with Crippen molar-refractivity contribution in [2.45, 2.75) is 59.3 Å². The third-order valence-electron chi connectivity index (χ3n) is 4.43. The molecule has 21 heavy (non-hydrogen) atoms. The molecular formula is C17H36O4. The van der Waals surface area contributed by atoms with Crippen molar-refractivity contribution in [2.75, 3.05) is 26.4 Å². The van der Waals surface area contributed by atoms with Crippen LogP contribution >= 0.6 is 0 Å². The maximum absolute atomic E-state index is 8.95. The minimum atomic E-state index is 0.00852. The zero-order chi connectivity index (χ0) is 16.3. The summed E-state index contributed by atoms with van der Waals surface area (Å²) in [6, 6.07) is 0. The highest BCUT2D eigenvalue weighted by atomic mass is 16.3. The van der Waals surface area contributed by atoms with Gasteiger partial charge in [0.05, 0.1) is 0 Å². The molecule has 4 N–H and O–H groups in total. The number of rotatable bonds is 7. The summed E-state index contributed by atoms with van der Waals surface area (Å²) in [7, 11) is 0. The molecule has 0 aromatic heterocycles. The van der Waals surface area contributed by atoms with Gasteiger partial charge in [0.25, 0.3) is 0 Å². The van der Waals surface area contributed by atoms with E-state index in [4.69, 9.17) is 20.4 Å². The topological polar surface area (TPSA) is 80.9 Å². The Morgan fingerprint density at radius 2 is 1.33 bits per heavy atom. The van der Waals surface area contributed by atoms with Crippen LogP contribution in [0, 0.1) is 23.2 Å². The van der Waals surface area contributed by atoms with E-state index >= 15 is 0 Å². The first-order valence-corrected chi connectivity index (χ1v) is 8.32. The predicted octanol–water partition coefficient (Wildman–Crippen LogP) is 2.19. The molecule has 1 fully saturated rings. The second-order valence-electron chi connectivity index (χ2n) is 7.40. The lowest BCUT2D eigenvalue weighted by atomic mass is 9.83. The van der Waals surface area contributed by atoms with E-state index in [1.807, 2.05) is 13.8 Å². The van der Waals surface area contributed by atoms with Gasteiger partial charge in [0, 0.05) is 26.4 Å². The van der Waals surface area contributed by atoms with E-state index < -0.39 is 0 Å². The summed E-state index contributed by atoms with van der Waals surface area (Å²) >= 11 is 0. The van der Waals surface area contributed by atoms with Crippen LogP contribution in [0.2, 0.25) is 0 Å². The Hall–Kier alpha value is -0.160. The highest BCUT2D eigenvalue weighted by molar-refractivity contribution is 4.71. The Bertz CT molecular complexity index is 223. The van der Waals surface area contributed by atoms with Gasteiger partial charge in [-0.25, -0.2) is 0 Å².